The largest absolute Gasteiger partial charge is 0.351 e. The molecule has 5 nitrogen and oxygen atoms in total. The van der Waals surface area contributed by atoms with E-state index in [0.29, 0.717) is 20.8 Å². The lowest BCUT2D eigenvalue weighted by molar-refractivity contribution is 0.0970. The Labute approximate surface area is 170 Å². The number of carbonyl (C=O) groups excluding carboxylic acids is 1. The molecule has 0 fully saturated rings. The van der Waals surface area contributed by atoms with E-state index in [4.69, 9.17) is 11.6 Å². The molecule has 0 bridgehead atoms. The van der Waals surface area contributed by atoms with Crippen molar-refractivity contribution in [2.75, 3.05) is 0 Å². The van der Waals surface area contributed by atoms with Crippen LogP contribution in [-0.2, 0) is 13.6 Å². The van der Waals surface area contributed by atoms with Crippen LogP contribution >= 0.6 is 22.9 Å². The lowest BCUT2D eigenvalue weighted by Gasteiger charge is -2.06. The molecule has 0 aliphatic rings. The average molecular weight is 412 g/mol. The van der Waals surface area contributed by atoms with Crippen molar-refractivity contribution in [1.82, 2.24) is 14.1 Å². The molecule has 0 N–H and O–H groups in total. The van der Waals surface area contributed by atoms with Crippen molar-refractivity contribution < 1.29 is 4.79 Å². The number of Topliss-reactive ketones (excluding diaryl/α,β-unsaturated/α-hetero) is 1. The summed E-state index contributed by atoms with van der Waals surface area (Å²) in [6.07, 6.45) is 1.45. The summed E-state index contributed by atoms with van der Waals surface area (Å²) in [7, 11) is 1.92. The number of hydrogen-bond acceptors (Lipinski definition) is 4. The molecule has 4 rings (SSSR count). The molecule has 0 spiro atoms. The fraction of sp³-hybridized carbons (Fsp3) is 0.190. The Morgan fingerprint density at radius 3 is 2.57 bits per heavy atom. The summed E-state index contributed by atoms with van der Waals surface area (Å²) in [5.41, 5.74) is 4.02. The number of ketones is 1. The smallest absolute Gasteiger partial charge is 0.263 e. The van der Waals surface area contributed by atoms with Crippen molar-refractivity contribution in [3.05, 3.63) is 74.4 Å². The molecule has 4 aromatic rings. The first kappa shape index (κ1) is 18.7. The van der Waals surface area contributed by atoms with E-state index in [1.807, 2.05) is 49.0 Å². The molecular formula is C21H18ClN3O2S. The minimum absolute atomic E-state index is 0.0397. The van der Waals surface area contributed by atoms with Gasteiger partial charge in [-0.3, -0.25) is 14.2 Å². The van der Waals surface area contributed by atoms with E-state index >= 15 is 0 Å². The van der Waals surface area contributed by atoms with Gasteiger partial charge in [0.15, 0.2) is 5.78 Å². The van der Waals surface area contributed by atoms with E-state index in [2.05, 4.69) is 4.98 Å². The minimum Gasteiger partial charge on any atom is -0.351 e. The minimum atomic E-state index is -0.213. The van der Waals surface area contributed by atoms with Crippen LogP contribution in [0.25, 0.3) is 21.3 Å². The fourth-order valence-electron chi connectivity index (χ4n) is 3.30. The van der Waals surface area contributed by atoms with E-state index in [1.54, 1.807) is 12.1 Å². The van der Waals surface area contributed by atoms with Gasteiger partial charge in [0.2, 0.25) is 0 Å². The van der Waals surface area contributed by atoms with Crippen LogP contribution in [0.4, 0.5) is 0 Å². The maximum Gasteiger partial charge on any atom is 0.263 e. The highest BCUT2D eigenvalue weighted by atomic mass is 35.5. The first-order chi connectivity index (χ1) is 13.4. The van der Waals surface area contributed by atoms with Crippen molar-refractivity contribution in [2.24, 2.45) is 7.05 Å². The highest BCUT2D eigenvalue weighted by Gasteiger charge is 2.18. The third-order valence-electron chi connectivity index (χ3n) is 5.11. The molecule has 3 heterocycles. The van der Waals surface area contributed by atoms with Crippen molar-refractivity contribution in [2.45, 2.75) is 20.4 Å². The molecule has 0 aliphatic carbocycles. The summed E-state index contributed by atoms with van der Waals surface area (Å²) >= 11 is 7.39. The molecule has 0 radical (unpaired) electrons. The predicted octanol–water partition coefficient (Wildman–Crippen LogP) is 4.62. The number of rotatable bonds is 4. The predicted molar refractivity (Wildman–Crippen MR) is 114 cm³/mol. The Morgan fingerprint density at radius 2 is 1.93 bits per heavy atom. The Hall–Kier alpha value is -2.70. The molecule has 0 saturated carbocycles. The number of nitrogens with zero attached hydrogens (tertiary/aromatic N) is 3. The van der Waals surface area contributed by atoms with Crippen molar-refractivity contribution in [3.8, 4) is 11.1 Å². The third-order valence-corrected chi connectivity index (χ3v) is 6.24. The van der Waals surface area contributed by atoms with Gasteiger partial charge in [-0.1, -0.05) is 23.7 Å². The standard InChI is InChI=1S/C21H18ClN3O2S/c1-12-8-16(13(2)24(12)3)18(26)9-25-11-23-20-19(21(25)27)17(10-28-20)14-4-6-15(22)7-5-14/h4-8,10-11H,9H2,1-3H3. The molecule has 3 aromatic heterocycles. The van der Waals surface area contributed by atoms with Crippen molar-refractivity contribution in [3.63, 3.8) is 0 Å². The summed E-state index contributed by atoms with van der Waals surface area (Å²) in [5, 5.41) is 3.08. The summed E-state index contributed by atoms with van der Waals surface area (Å²) < 4.78 is 3.35. The lowest BCUT2D eigenvalue weighted by atomic mass is 10.1. The molecule has 0 atom stereocenters. The zero-order valence-electron chi connectivity index (χ0n) is 15.7. The van der Waals surface area contributed by atoms with Crippen molar-refractivity contribution >= 4 is 38.9 Å². The zero-order valence-corrected chi connectivity index (χ0v) is 17.3. The molecule has 0 saturated heterocycles. The van der Waals surface area contributed by atoms with E-state index in [9.17, 15) is 9.59 Å². The third kappa shape index (κ3) is 3.08. The molecule has 0 unspecified atom stereocenters. The van der Waals surface area contributed by atoms with Gasteiger partial charge in [0, 0.05) is 40.0 Å². The van der Waals surface area contributed by atoms with Crippen LogP contribution in [0.15, 0.2) is 46.8 Å². The zero-order chi connectivity index (χ0) is 20.0. The number of halogens is 1. The number of hydrogen-bond donors (Lipinski definition) is 0. The number of fused-ring (bicyclic) bond motifs is 1. The van der Waals surface area contributed by atoms with Gasteiger partial charge in [-0.2, -0.15) is 0 Å². The SMILES string of the molecule is Cc1cc(C(=O)Cn2cnc3scc(-c4ccc(Cl)cc4)c3c2=O)c(C)n1C. The number of aryl methyl sites for hydroxylation is 1. The quantitative estimate of drug-likeness (QED) is 0.460. The van der Waals surface area contributed by atoms with Gasteiger partial charge in [0.05, 0.1) is 18.3 Å². The summed E-state index contributed by atoms with van der Waals surface area (Å²) in [4.78, 5) is 31.0. The summed E-state index contributed by atoms with van der Waals surface area (Å²) in [6.45, 7) is 3.82. The van der Waals surface area contributed by atoms with E-state index < -0.39 is 0 Å². The van der Waals surface area contributed by atoms with Gasteiger partial charge in [0.25, 0.3) is 5.56 Å². The van der Waals surface area contributed by atoms with Gasteiger partial charge in [0.1, 0.15) is 4.83 Å². The van der Waals surface area contributed by atoms with Crippen LogP contribution in [0.5, 0.6) is 0 Å². The van der Waals surface area contributed by atoms with Crippen LogP contribution < -0.4 is 5.56 Å². The molecule has 142 valence electrons. The molecule has 7 heteroatoms. The summed E-state index contributed by atoms with van der Waals surface area (Å²) in [5.74, 6) is -0.104. The molecule has 1 aromatic carbocycles. The molecular weight excluding hydrogens is 394 g/mol. The Bertz CT molecular complexity index is 1270. The van der Waals surface area contributed by atoms with Gasteiger partial charge < -0.3 is 4.57 Å². The van der Waals surface area contributed by atoms with Gasteiger partial charge in [-0.25, -0.2) is 4.98 Å². The fourth-order valence-corrected chi connectivity index (χ4v) is 4.33. The summed E-state index contributed by atoms with van der Waals surface area (Å²) in [6, 6.07) is 9.20. The lowest BCUT2D eigenvalue weighted by Crippen LogP contribution is -2.24. The van der Waals surface area contributed by atoms with E-state index in [-0.39, 0.29) is 17.9 Å². The van der Waals surface area contributed by atoms with E-state index in [0.717, 1.165) is 22.5 Å². The maximum atomic E-state index is 13.1. The van der Waals surface area contributed by atoms with Crippen LogP contribution in [0.2, 0.25) is 5.02 Å². The second-order valence-electron chi connectivity index (χ2n) is 6.78. The van der Waals surface area contributed by atoms with Crippen LogP contribution in [0, 0.1) is 13.8 Å². The van der Waals surface area contributed by atoms with E-state index in [1.165, 1.54) is 22.2 Å². The molecule has 0 aliphatic heterocycles. The average Bonchev–Trinajstić information content (AvgIpc) is 3.22. The number of thiophene rings is 1. The number of aromatic nitrogens is 3. The van der Waals surface area contributed by atoms with Gasteiger partial charge in [-0.15, -0.1) is 11.3 Å². The Kier molecular flexibility index (Phi) is 4.69. The monoisotopic (exact) mass is 411 g/mol. The molecule has 0 amide bonds. The first-order valence-corrected chi connectivity index (χ1v) is 10.0. The maximum absolute atomic E-state index is 13.1. The van der Waals surface area contributed by atoms with Gasteiger partial charge in [-0.05, 0) is 37.6 Å². The first-order valence-electron chi connectivity index (χ1n) is 8.75. The van der Waals surface area contributed by atoms with Gasteiger partial charge >= 0.3 is 0 Å². The van der Waals surface area contributed by atoms with Crippen LogP contribution in [-0.4, -0.2) is 19.9 Å². The number of benzene rings is 1. The second kappa shape index (κ2) is 7.04. The topological polar surface area (TPSA) is 56.9 Å². The van der Waals surface area contributed by atoms with Crippen LogP contribution in [0.1, 0.15) is 21.7 Å². The number of carbonyl (C=O) groups is 1. The van der Waals surface area contributed by atoms with Crippen molar-refractivity contribution in [1.29, 1.82) is 0 Å². The molecule has 28 heavy (non-hydrogen) atoms. The Morgan fingerprint density at radius 1 is 1.21 bits per heavy atom. The highest BCUT2D eigenvalue weighted by molar-refractivity contribution is 7.17. The highest BCUT2D eigenvalue weighted by Crippen LogP contribution is 2.31. The Balaban J connectivity index is 1.76. The normalized spacial score (nSPS) is 11.3. The second-order valence-corrected chi connectivity index (χ2v) is 8.08. The van der Waals surface area contributed by atoms with Crippen LogP contribution in [0.3, 0.4) is 0 Å².